The molecule has 5 atom stereocenters. The normalized spacial score (nSPS) is 28.3. The molecule has 11 nitrogen and oxygen atoms in total. The average molecular weight is 746 g/mol. The Labute approximate surface area is 312 Å². The van der Waals surface area contributed by atoms with Gasteiger partial charge in [0, 0.05) is 61.2 Å². The van der Waals surface area contributed by atoms with Crippen molar-refractivity contribution in [2.45, 2.75) is 82.2 Å². The molecule has 0 aliphatic carbocycles. The number of ether oxygens (including phenoxy) is 3. The van der Waals surface area contributed by atoms with Gasteiger partial charge < -0.3 is 24.6 Å². The molecule has 4 fully saturated rings. The zero-order valence-electron chi connectivity index (χ0n) is 31.6. The van der Waals surface area contributed by atoms with Gasteiger partial charge in [0.15, 0.2) is 12.6 Å². The van der Waals surface area contributed by atoms with Gasteiger partial charge in [-0.1, -0.05) is 32.8 Å². The summed E-state index contributed by atoms with van der Waals surface area (Å²) in [6, 6.07) is 4.81. The number of alkyl halides is 1. The summed E-state index contributed by atoms with van der Waals surface area (Å²) in [4.78, 5) is 30.7. The number of halogens is 3. The van der Waals surface area contributed by atoms with Gasteiger partial charge in [0.05, 0.1) is 18.2 Å². The van der Waals surface area contributed by atoms with Crippen LogP contribution in [0, 0.1) is 29.4 Å². The van der Waals surface area contributed by atoms with Crippen molar-refractivity contribution >= 4 is 27.8 Å². The third kappa shape index (κ3) is 5.62. The topological polar surface area (TPSA) is 122 Å². The molecule has 14 heteroatoms. The molecule has 2 aromatic carbocycles. The summed E-state index contributed by atoms with van der Waals surface area (Å²) >= 11 is 0. The van der Waals surface area contributed by atoms with Crippen LogP contribution in [0.25, 0.3) is 32.9 Å². The fourth-order valence-electron chi connectivity index (χ4n) is 9.62. The number of hydrogen-bond donors (Lipinski definition) is 2. The Morgan fingerprint density at radius 1 is 1.22 bits per heavy atom. The number of carboxylic acid groups (broad SMARTS) is 1. The van der Waals surface area contributed by atoms with Crippen LogP contribution in [0.4, 0.5) is 18.0 Å². The number of carbonyl (C=O) groups is 1. The van der Waals surface area contributed by atoms with E-state index in [-0.39, 0.29) is 83.0 Å². The van der Waals surface area contributed by atoms with Gasteiger partial charge in [0.1, 0.15) is 41.1 Å². The van der Waals surface area contributed by atoms with E-state index in [0.29, 0.717) is 37.7 Å². The van der Waals surface area contributed by atoms with Crippen LogP contribution in [0.1, 0.15) is 65.5 Å². The standard InChI is InChI=1S/C40H43F3N6O5/c1-6-26-29(42)9-8-22-14-25(54-21-52-5)15-27(30(22)26)32-31(43)33-28(18-44-32)34(40-12-10-24(49(40)37(50)51)17-45-35(40)38(2,3)4)47-36(46-33)53-20-39-11-7-13-48(39)19-23(41)16-39/h1,8-9,14-15,18,23-24,35,45H,7,10-13,16-17,19-21H2,2-5H3,(H,50,51)/i23D. The predicted octanol–water partition coefficient (Wildman–Crippen LogP) is 6.40. The van der Waals surface area contributed by atoms with E-state index in [9.17, 15) is 9.90 Å². The van der Waals surface area contributed by atoms with Gasteiger partial charge in [-0.05, 0) is 61.2 Å². The number of rotatable bonds is 8. The first-order valence-corrected chi connectivity index (χ1v) is 18.2. The second-order valence-corrected chi connectivity index (χ2v) is 15.9. The zero-order valence-corrected chi connectivity index (χ0v) is 30.6. The number of aromatic nitrogens is 3. The zero-order chi connectivity index (χ0) is 39.1. The van der Waals surface area contributed by atoms with Crippen LogP contribution in [0.3, 0.4) is 0 Å². The van der Waals surface area contributed by atoms with Crippen molar-refractivity contribution in [3.8, 4) is 35.4 Å². The largest absolute Gasteiger partial charge is 0.468 e. The number of nitrogens with zero attached hydrogens (tertiary/aromatic N) is 5. The fraction of sp³-hybridized carbons (Fsp3) is 0.500. The van der Waals surface area contributed by atoms with Crippen LogP contribution < -0.4 is 14.8 Å². The van der Waals surface area contributed by atoms with Gasteiger partial charge in [0.25, 0.3) is 0 Å². The minimum atomic E-state index is -2.15. The molecule has 2 bridgehead atoms. The van der Waals surface area contributed by atoms with E-state index in [1.807, 2.05) is 25.7 Å². The highest BCUT2D eigenvalue weighted by molar-refractivity contribution is 6.02. The van der Waals surface area contributed by atoms with E-state index in [4.69, 9.17) is 27.0 Å². The van der Waals surface area contributed by atoms with Gasteiger partial charge in [-0.15, -0.1) is 6.42 Å². The minimum absolute atomic E-state index is 0.0534. The maximum atomic E-state index is 17.6. The Kier molecular flexibility index (Phi) is 8.59. The summed E-state index contributed by atoms with van der Waals surface area (Å²) < 4.78 is 73.2. The number of terminal acetylenes is 1. The second kappa shape index (κ2) is 13.2. The average Bonchev–Trinajstić information content (AvgIpc) is 3.72. The first-order chi connectivity index (χ1) is 26.1. The number of pyridine rings is 1. The van der Waals surface area contributed by atoms with E-state index in [0.717, 1.165) is 6.42 Å². The lowest BCUT2D eigenvalue weighted by Crippen LogP contribution is -2.69. The Morgan fingerprint density at radius 2 is 2.04 bits per heavy atom. The van der Waals surface area contributed by atoms with E-state index in [2.05, 4.69) is 21.2 Å². The molecule has 0 radical (unpaired) electrons. The van der Waals surface area contributed by atoms with E-state index in [1.165, 1.54) is 36.4 Å². The molecule has 8 rings (SSSR count). The summed E-state index contributed by atoms with van der Waals surface area (Å²) in [5.74, 6) is 1.11. The minimum Gasteiger partial charge on any atom is -0.468 e. The van der Waals surface area contributed by atoms with Gasteiger partial charge in [-0.25, -0.2) is 18.0 Å². The van der Waals surface area contributed by atoms with Crippen LogP contribution in [0.5, 0.6) is 11.8 Å². The molecule has 5 unspecified atom stereocenters. The molecular weight excluding hydrogens is 701 g/mol. The van der Waals surface area contributed by atoms with Gasteiger partial charge in [-0.3, -0.25) is 14.8 Å². The molecule has 2 N–H and O–H groups in total. The number of piperazine rings is 1. The number of amides is 1. The van der Waals surface area contributed by atoms with Crippen molar-refractivity contribution in [3.63, 3.8) is 0 Å². The monoisotopic (exact) mass is 745 g/mol. The van der Waals surface area contributed by atoms with Gasteiger partial charge >= 0.3 is 12.1 Å². The summed E-state index contributed by atoms with van der Waals surface area (Å²) in [6.07, 6.45) is 6.16. The lowest BCUT2D eigenvalue weighted by molar-refractivity contribution is -0.00659. The van der Waals surface area contributed by atoms with Crippen molar-refractivity contribution < 1.29 is 38.7 Å². The Morgan fingerprint density at radius 3 is 2.78 bits per heavy atom. The fourth-order valence-corrected chi connectivity index (χ4v) is 9.62. The first-order valence-electron chi connectivity index (χ1n) is 18.7. The SMILES string of the molecule is [2H]C1(F)CN2CCCC2(COc2nc(C34CCC(CNC3C(C)(C)C)N4C(=O)O)c3cnc(-c4cc(OCOC)cc5ccc(F)c(C#C)c45)c(F)c3n2)C1. The van der Waals surface area contributed by atoms with Crippen LogP contribution in [-0.2, 0) is 10.3 Å². The van der Waals surface area contributed by atoms with Gasteiger partial charge in [0.2, 0.25) is 0 Å². The summed E-state index contributed by atoms with van der Waals surface area (Å²) in [6.45, 7) is 6.83. The predicted molar refractivity (Wildman–Crippen MR) is 195 cm³/mol. The third-order valence-electron chi connectivity index (χ3n) is 11.7. The van der Waals surface area contributed by atoms with E-state index in [1.54, 1.807) is 6.07 Å². The Balaban J connectivity index is 1.37. The number of benzene rings is 2. The molecule has 4 aliphatic rings. The highest BCUT2D eigenvalue weighted by atomic mass is 19.1. The lowest BCUT2D eigenvalue weighted by atomic mass is 9.70. The Hall–Kier alpha value is -4.71. The highest BCUT2D eigenvalue weighted by Crippen LogP contribution is 2.53. The molecule has 6 heterocycles. The molecule has 0 saturated carbocycles. The molecule has 284 valence electrons. The molecule has 4 aromatic rings. The third-order valence-corrected chi connectivity index (χ3v) is 11.7. The number of nitrogens with one attached hydrogen (secondary N) is 1. The van der Waals surface area contributed by atoms with Crippen LogP contribution in [0.15, 0.2) is 30.5 Å². The maximum Gasteiger partial charge on any atom is 0.408 e. The second-order valence-electron chi connectivity index (χ2n) is 15.9. The molecule has 4 aliphatic heterocycles. The summed E-state index contributed by atoms with van der Waals surface area (Å²) in [5.41, 5.74) is -2.71. The summed E-state index contributed by atoms with van der Waals surface area (Å²) in [5, 5.41) is 15.2. The highest BCUT2D eigenvalue weighted by Gasteiger charge is 2.62. The van der Waals surface area contributed by atoms with Gasteiger partial charge in [-0.2, -0.15) is 9.97 Å². The maximum absolute atomic E-state index is 17.6. The van der Waals surface area contributed by atoms with Crippen molar-refractivity contribution in [2.24, 2.45) is 5.41 Å². The lowest BCUT2D eigenvalue weighted by Gasteiger charge is -2.53. The van der Waals surface area contributed by atoms with Crippen molar-refractivity contribution in [2.75, 3.05) is 40.1 Å². The summed E-state index contributed by atoms with van der Waals surface area (Å²) in [7, 11) is 1.45. The molecule has 0 spiro atoms. The van der Waals surface area contributed by atoms with Crippen molar-refractivity contribution in [3.05, 3.63) is 53.4 Å². The number of hydrogen-bond acceptors (Lipinski definition) is 9. The number of fused-ring (bicyclic) bond motifs is 5. The molecule has 54 heavy (non-hydrogen) atoms. The molecule has 1 amide bonds. The Bertz CT molecular complexity index is 2270. The van der Waals surface area contributed by atoms with Crippen LogP contribution in [0.2, 0.25) is 0 Å². The quantitative estimate of drug-likeness (QED) is 0.155. The van der Waals surface area contributed by atoms with E-state index < -0.39 is 46.4 Å². The molecule has 4 saturated heterocycles. The molecule has 2 aromatic heterocycles. The van der Waals surface area contributed by atoms with Crippen LogP contribution >= 0.6 is 0 Å². The first kappa shape index (κ1) is 35.0. The van der Waals surface area contributed by atoms with Crippen molar-refractivity contribution in [1.29, 1.82) is 0 Å². The van der Waals surface area contributed by atoms with E-state index >= 15 is 13.2 Å². The smallest absolute Gasteiger partial charge is 0.408 e. The van der Waals surface area contributed by atoms with Crippen LogP contribution in [-0.4, -0.2) is 99.9 Å². The van der Waals surface area contributed by atoms with Crippen molar-refractivity contribution in [1.82, 2.24) is 30.1 Å². The molecular formula is C40H43F3N6O5. The number of methoxy groups -OCH3 is 1.